The summed E-state index contributed by atoms with van der Waals surface area (Å²) in [5, 5.41) is 0. The standard InChI is InChI=1S/C14H16N5O5P/c15-14-17-12-11(13(20)18-14)16-7-19(12)6-10(24-8-25(21,22)23)9-4-2-1-3-5-9/h1-5,7,10H,6,8H2,(H2,21,22,23)(H3,15,17,18,20). The van der Waals surface area contributed by atoms with Crippen LogP contribution in [0.15, 0.2) is 41.5 Å². The van der Waals surface area contributed by atoms with Gasteiger partial charge in [0.2, 0.25) is 5.95 Å². The highest BCUT2D eigenvalue weighted by atomic mass is 31.2. The highest BCUT2D eigenvalue weighted by Gasteiger charge is 2.21. The van der Waals surface area contributed by atoms with Crippen LogP contribution in [-0.4, -0.2) is 35.7 Å². The summed E-state index contributed by atoms with van der Waals surface area (Å²) in [6.45, 7) is 0.149. The number of nitrogens with one attached hydrogen (secondary N) is 1. The zero-order valence-corrected chi connectivity index (χ0v) is 13.8. The van der Waals surface area contributed by atoms with Crippen molar-refractivity contribution in [2.24, 2.45) is 0 Å². The van der Waals surface area contributed by atoms with E-state index in [2.05, 4.69) is 15.0 Å². The number of anilines is 1. The molecule has 0 fully saturated rings. The maximum Gasteiger partial charge on any atom is 0.351 e. The Bertz CT molecular complexity index is 980. The number of ether oxygens (including phenoxy) is 1. The largest absolute Gasteiger partial charge is 0.369 e. The zero-order chi connectivity index (χ0) is 18.0. The molecule has 0 amide bonds. The van der Waals surface area contributed by atoms with Crippen molar-refractivity contribution in [2.75, 3.05) is 12.1 Å². The fourth-order valence-corrected chi connectivity index (χ4v) is 2.77. The van der Waals surface area contributed by atoms with E-state index < -0.39 is 25.6 Å². The van der Waals surface area contributed by atoms with Crippen molar-refractivity contribution >= 4 is 24.7 Å². The average Bonchev–Trinajstić information content (AvgIpc) is 2.94. The van der Waals surface area contributed by atoms with E-state index >= 15 is 0 Å². The van der Waals surface area contributed by atoms with Crippen LogP contribution in [0.25, 0.3) is 11.2 Å². The summed E-state index contributed by atoms with van der Waals surface area (Å²) in [5.41, 5.74) is 6.21. The maximum atomic E-state index is 11.8. The third-order valence-corrected chi connectivity index (χ3v) is 3.96. The van der Waals surface area contributed by atoms with Crippen molar-refractivity contribution in [1.29, 1.82) is 0 Å². The second-order valence-corrected chi connectivity index (χ2v) is 6.97. The first-order chi connectivity index (χ1) is 11.8. The summed E-state index contributed by atoms with van der Waals surface area (Å²) in [5.74, 6) is -0.0494. The van der Waals surface area contributed by atoms with E-state index in [-0.39, 0.29) is 23.7 Å². The fraction of sp³-hybridized carbons (Fsp3) is 0.214. The lowest BCUT2D eigenvalue weighted by Gasteiger charge is -2.19. The molecule has 132 valence electrons. The molecule has 3 rings (SSSR count). The summed E-state index contributed by atoms with van der Waals surface area (Å²) >= 11 is 0. The lowest BCUT2D eigenvalue weighted by Crippen LogP contribution is -2.16. The number of aromatic amines is 1. The molecule has 1 aromatic carbocycles. The number of aromatic nitrogens is 4. The minimum absolute atomic E-state index is 0.0494. The first-order valence-electron chi connectivity index (χ1n) is 7.25. The summed E-state index contributed by atoms with van der Waals surface area (Å²) in [4.78, 5) is 40.4. The van der Waals surface area contributed by atoms with Gasteiger partial charge in [-0.05, 0) is 5.56 Å². The van der Waals surface area contributed by atoms with E-state index in [0.29, 0.717) is 0 Å². The van der Waals surface area contributed by atoms with Crippen LogP contribution in [-0.2, 0) is 15.8 Å². The van der Waals surface area contributed by atoms with Gasteiger partial charge in [-0.15, -0.1) is 0 Å². The van der Waals surface area contributed by atoms with Crippen LogP contribution in [0.1, 0.15) is 11.7 Å². The predicted molar refractivity (Wildman–Crippen MR) is 89.7 cm³/mol. The Morgan fingerprint density at radius 3 is 2.72 bits per heavy atom. The first-order valence-corrected chi connectivity index (χ1v) is 9.05. The number of benzene rings is 1. The van der Waals surface area contributed by atoms with Gasteiger partial charge in [-0.3, -0.25) is 14.3 Å². The molecular weight excluding hydrogens is 349 g/mol. The number of nitrogens with two attached hydrogens (primary N) is 1. The molecule has 2 aromatic heterocycles. The zero-order valence-electron chi connectivity index (χ0n) is 12.9. The van der Waals surface area contributed by atoms with Gasteiger partial charge in [-0.2, -0.15) is 4.98 Å². The Balaban J connectivity index is 1.95. The Morgan fingerprint density at radius 1 is 1.32 bits per heavy atom. The van der Waals surface area contributed by atoms with Gasteiger partial charge in [0.15, 0.2) is 11.2 Å². The molecule has 3 aromatic rings. The Labute approximate surface area is 141 Å². The molecule has 0 saturated heterocycles. The summed E-state index contributed by atoms with van der Waals surface area (Å²) < 4.78 is 18.1. The normalized spacial score (nSPS) is 13.2. The minimum atomic E-state index is -4.33. The molecule has 2 heterocycles. The average molecular weight is 365 g/mol. The van der Waals surface area contributed by atoms with E-state index in [9.17, 15) is 9.36 Å². The van der Waals surface area contributed by atoms with E-state index in [1.54, 1.807) is 28.8 Å². The second kappa shape index (κ2) is 6.77. The predicted octanol–water partition coefficient (Wildman–Crippen LogP) is 0.595. The summed E-state index contributed by atoms with van der Waals surface area (Å²) in [6, 6.07) is 8.94. The number of hydrogen-bond acceptors (Lipinski definition) is 6. The van der Waals surface area contributed by atoms with Gasteiger partial charge in [0, 0.05) is 0 Å². The number of nitrogens with zero attached hydrogens (tertiary/aromatic N) is 3. The van der Waals surface area contributed by atoms with Gasteiger partial charge in [0.25, 0.3) is 5.56 Å². The molecule has 11 heteroatoms. The van der Waals surface area contributed by atoms with Gasteiger partial charge in [0.05, 0.1) is 12.9 Å². The van der Waals surface area contributed by atoms with Crippen LogP contribution < -0.4 is 11.3 Å². The Morgan fingerprint density at radius 2 is 2.04 bits per heavy atom. The molecule has 0 saturated carbocycles. The number of fused-ring (bicyclic) bond motifs is 1. The molecular formula is C14H16N5O5P. The monoisotopic (exact) mass is 365 g/mol. The Kier molecular flexibility index (Phi) is 4.69. The minimum Gasteiger partial charge on any atom is -0.369 e. The van der Waals surface area contributed by atoms with Crippen LogP contribution in [0, 0.1) is 0 Å². The van der Waals surface area contributed by atoms with Gasteiger partial charge in [-0.25, -0.2) is 4.98 Å². The fourth-order valence-electron chi connectivity index (χ4n) is 2.39. The van der Waals surface area contributed by atoms with Crippen LogP contribution in [0.2, 0.25) is 0 Å². The van der Waals surface area contributed by atoms with Gasteiger partial charge in [0.1, 0.15) is 12.5 Å². The van der Waals surface area contributed by atoms with E-state index in [0.717, 1.165) is 5.56 Å². The lowest BCUT2D eigenvalue weighted by molar-refractivity contribution is 0.0624. The van der Waals surface area contributed by atoms with E-state index in [1.807, 2.05) is 6.07 Å². The van der Waals surface area contributed by atoms with Crippen molar-refractivity contribution in [1.82, 2.24) is 19.5 Å². The molecule has 0 spiro atoms. The van der Waals surface area contributed by atoms with Crippen molar-refractivity contribution in [3.05, 3.63) is 52.6 Å². The molecule has 0 aliphatic carbocycles. The topological polar surface area (TPSA) is 156 Å². The van der Waals surface area contributed by atoms with E-state index in [4.69, 9.17) is 20.3 Å². The van der Waals surface area contributed by atoms with E-state index in [1.165, 1.54) is 6.33 Å². The van der Waals surface area contributed by atoms with Gasteiger partial charge in [-0.1, -0.05) is 30.3 Å². The number of nitrogen functional groups attached to an aromatic ring is 1. The molecule has 1 unspecified atom stereocenters. The molecule has 1 atom stereocenters. The maximum absolute atomic E-state index is 11.8. The van der Waals surface area contributed by atoms with Crippen molar-refractivity contribution in [3.8, 4) is 0 Å². The van der Waals surface area contributed by atoms with Gasteiger partial charge >= 0.3 is 7.60 Å². The highest BCUT2D eigenvalue weighted by molar-refractivity contribution is 7.51. The third kappa shape index (κ3) is 4.12. The number of rotatable bonds is 6. The van der Waals surface area contributed by atoms with Crippen LogP contribution in [0.4, 0.5) is 5.95 Å². The Hall–Kier alpha value is -2.52. The molecule has 25 heavy (non-hydrogen) atoms. The lowest BCUT2D eigenvalue weighted by atomic mass is 10.1. The summed E-state index contributed by atoms with van der Waals surface area (Å²) in [6.07, 6.45) is 0.00639. The quantitative estimate of drug-likeness (QED) is 0.463. The number of imidazole rings is 1. The SMILES string of the molecule is Nc1nc2c(ncn2CC(OCP(=O)(O)O)c2ccccc2)c(=O)[nH]1. The van der Waals surface area contributed by atoms with Crippen LogP contribution in [0.3, 0.4) is 0 Å². The molecule has 0 bridgehead atoms. The van der Waals surface area contributed by atoms with Crippen molar-refractivity contribution < 1.29 is 19.1 Å². The highest BCUT2D eigenvalue weighted by Crippen LogP contribution is 2.36. The van der Waals surface area contributed by atoms with Gasteiger partial charge < -0.3 is 24.8 Å². The van der Waals surface area contributed by atoms with Crippen molar-refractivity contribution in [3.63, 3.8) is 0 Å². The summed E-state index contributed by atoms with van der Waals surface area (Å²) in [7, 11) is -4.33. The number of H-pyrrole nitrogens is 1. The third-order valence-electron chi connectivity index (χ3n) is 3.47. The van der Waals surface area contributed by atoms with Crippen molar-refractivity contribution in [2.45, 2.75) is 12.6 Å². The molecule has 0 aliphatic heterocycles. The smallest absolute Gasteiger partial charge is 0.351 e. The first kappa shape index (κ1) is 17.3. The molecule has 0 radical (unpaired) electrons. The van der Waals surface area contributed by atoms with Crippen LogP contribution >= 0.6 is 7.60 Å². The molecule has 5 N–H and O–H groups in total. The molecule has 0 aliphatic rings. The molecule has 10 nitrogen and oxygen atoms in total. The second-order valence-electron chi connectivity index (χ2n) is 5.38. The number of hydrogen-bond donors (Lipinski definition) is 4. The van der Waals surface area contributed by atoms with Crippen LogP contribution in [0.5, 0.6) is 0 Å².